The average molecular weight is 315 g/mol. The standard InChI is InChI=1S/C14H25N3O5/c1-14(2,7-3-4-11(15)18)22-12(19)16-10-5-8-17(9-6-10)13(20)21/h10H,3-9H2,1-2H3,(H2,15,18)(H,16,19)(H,20,21). The number of rotatable bonds is 6. The smallest absolute Gasteiger partial charge is 0.407 e. The van der Waals surface area contributed by atoms with Crippen LogP contribution in [-0.4, -0.2) is 52.8 Å². The number of carbonyl (C=O) groups excluding carboxylic acids is 2. The second-order valence-corrected chi connectivity index (χ2v) is 6.16. The minimum atomic E-state index is -0.934. The molecule has 0 aromatic heterocycles. The molecule has 0 bridgehead atoms. The van der Waals surface area contributed by atoms with E-state index < -0.39 is 17.8 Å². The highest BCUT2D eigenvalue weighted by Gasteiger charge is 2.27. The Hall–Kier alpha value is -1.99. The van der Waals surface area contributed by atoms with Crippen molar-refractivity contribution in [3.8, 4) is 0 Å². The van der Waals surface area contributed by atoms with E-state index in [9.17, 15) is 14.4 Å². The molecule has 8 nitrogen and oxygen atoms in total. The van der Waals surface area contributed by atoms with Crippen LogP contribution in [0.3, 0.4) is 0 Å². The van der Waals surface area contributed by atoms with Crippen LogP contribution in [0.5, 0.6) is 0 Å². The highest BCUT2D eigenvalue weighted by molar-refractivity contribution is 5.73. The Morgan fingerprint density at radius 2 is 1.91 bits per heavy atom. The summed E-state index contributed by atoms with van der Waals surface area (Å²) in [5, 5.41) is 11.6. The number of carbonyl (C=O) groups is 3. The van der Waals surface area contributed by atoms with E-state index in [1.54, 1.807) is 13.8 Å². The van der Waals surface area contributed by atoms with Gasteiger partial charge in [-0.05, 0) is 39.5 Å². The summed E-state index contributed by atoms with van der Waals surface area (Å²) in [6.45, 7) is 4.37. The third-order valence-corrected chi connectivity index (χ3v) is 3.66. The first kappa shape index (κ1) is 18.1. The molecule has 0 radical (unpaired) electrons. The van der Waals surface area contributed by atoms with Gasteiger partial charge in [0, 0.05) is 25.6 Å². The van der Waals surface area contributed by atoms with Crippen LogP contribution in [0.2, 0.25) is 0 Å². The molecule has 1 rings (SSSR count). The van der Waals surface area contributed by atoms with E-state index in [1.807, 2.05) is 0 Å². The molecule has 0 saturated carbocycles. The lowest BCUT2D eigenvalue weighted by atomic mass is 10.0. The zero-order valence-electron chi connectivity index (χ0n) is 13.1. The number of primary amides is 1. The highest BCUT2D eigenvalue weighted by Crippen LogP contribution is 2.19. The zero-order chi connectivity index (χ0) is 16.8. The lowest BCUT2D eigenvalue weighted by molar-refractivity contribution is -0.118. The van der Waals surface area contributed by atoms with Crippen molar-refractivity contribution in [2.75, 3.05) is 13.1 Å². The van der Waals surface area contributed by atoms with Crippen molar-refractivity contribution in [3.05, 3.63) is 0 Å². The Kier molecular flexibility index (Phi) is 6.45. The minimum Gasteiger partial charge on any atom is -0.465 e. The third kappa shape index (κ3) is 6.64. The van der Waals surface area contributed by atoms with Crippen molar-refractivity contribution < 1.29 is 24.2 Å². The first-order valence-electron chi connectivity index (χ1n) is 7.45. The summed E-state index contributed by atoms with van der Waals surface area (Å²) in [5.41, 5.74) is 4.40. The zero-order valence-corrected chi connectivity index (χ0v) is 13.1. The molecule has 0 aromatic carbocycles. The van der Waals surface area contributed by atoms with Gasteiger partial charge >= 0.3 is 12.2 Å². The number of nitrogens with two attached hydrogens (primary N) is 1. The summed E-state index contributed by atoms with van der Waals surface area (Å²) in [4.78, 5) is 34.7. The Bertz CT molecular complexity index is 417. The van der Waals surface area contributed by atoms with E-state index in [0.717, 1.165) is 0 Å². The molecule has 22 heavy (non-hydrogen) atoms. The first-order valence-corrected chi connectivity index (χ1v) is 7.45. The number of nitrogens with one attached hydrogen (secondary N) is 1. The van der Waals surface area contributed by atoms with Gasteiger partial charge in [0.25, 0.3) is 0 Å². The van der Waals surface area contributed by atoms with Gasteiger partial charge in [0.15, 0.2) is 0 Å². The fourth-order valence-electron chi connectivity index (χ4n) is 2.40. The molecule has 0 aliphatic carbocycles. The van der Waals surface area contributed by atoms with Gasteiger partial charge in [0.2, 0.25) is 5.91 Å². The molecule has 0 unspecified atom stereocenters. The van der Waals surface area contributed by atoms with E-state index in [1.165, 1.54) is 4.90 Å². The van der Waals surface area contributed by atoms with Crippen LogP contribution >= 0.6 is 0 Å². The molecule has 8 heteroatoms. The van der Waals surface area contributed by atoms with E-state index >= 15 is 0 Å². The average Bonchev–Trinajstić information content (AvgIpc) is 2.37. The molecular weight excluding hydrogens is 290 g/mol. The van der Waals surface area contributed by atoms with Gasteiger partial charge in [-0.1, -0.05) is 0 Å². The van der Waals surface area contributed by atoms with Gasteiger partial charge in [-0.2, -0.15) is 0 Å². The van der Waals surface area contributed by atoms with Gasteiger partial charge in [0.05, 0.1) is 0 Å². The summed E-state index contributed by atoms with van der Waals surface area (Å²) in [5.74, 6) is -0.370. The number of nitrogens with zero attached hydrogens (tertiary/aromatic N) is 1. The van der Waals surface area contributed by atoms with Gasteiger partial charge in [-0.15, -0.1) is 0 Å². The molecule has 1 aliphatic heterocycles. The number of carboxylic acid groups (broad SMARTS) is 1. The van der Waals surface area contributed by atoms with Crippen LogP contribution in [0.15, 0.2) is 0 Å². The van der Waals surface area contributed by atoms with Gasteiger partial charge in [0.1, 0.15) is 5.60 Å². The number of hydrogen-bond donors (Lipinski definition) is 3. The second-order valence-electron chi connectivity index (χ2n) is 6.16. The summed E-state index contributed by atoms with van der Waals surface area (Å²) in [6, 6.07) is -0.0791. The molecule has 1 aliphatic rings. The monoisotopic (exact) mass is 315 g/mol. The van der Waals surface area contributed by atoms with Gasteiger partial charge in [-0.25, -0.2) is 9.59 Å². The van der Waals surface area contributed by atoms with Gasteiger partial charge < -0.3 is 25.8 Å². The van der Waals surface area contributed by atoms with Crippen LogP contribution in [0.4, 0.5) is 9.59 Å². The van der Waals surface area contributed by atoms with E-state index in [0.29, 0.717) is 38.8 Å². The summed E-state index contributed by atoms with van der Waals surface area (Å²) in [7, 11) is 0. The fraction of sp³-hybridized carbons (Fsp3) is 0.786. The fourth-order valence-corrected chi connectivity index (χ4v) is 2.40. The molecule has 0 aromatic rings. The van der Waals surface area contributed by atoms with Crippen molar-refractivity contribution in [3.63, 3.8) is 0 Å². The van der Waals surface area contributed by atoms with E-state index in [2.05, 4.69) is 5.32 Å². The molecule has 126 valence electrons. The second kappa shape index (κ2) is 7.86. The molecule has 1 saturated heterocycles. The molecule has 1 fully saturated rings. The van der Waals surface area contributed by atoms with Crippen molar-refractivity contribution >= 4 is 18.1 Å². The SMILES string of the molecule is CC(C)(CCCC(N)=O)OC(=O)NC1CCN(C(=O)O)CC1. The first-order chi connectivity index (χ1) is 10.2. The quantitative estimate of drug-likeness (QED) is 0.681. The summed E-state index contributed by atoms with van der Waals surface area (Å²) >= 11 is 0. The van der Waals surface area contributed by atoms with Gasteiger partial charge in [-0.3, -0.25) is 4.79 Å². The lowest BCUT2D eigenvalue weighted by Gasteiger charge is -2.31. The molecule has 0 atom stereocenters. The van der Waals surface area contributed by atoms with Crippen LogP contribution in [0.25, 0.3) is 0 Å². The number of likely N-dealkylation sites (tertiary alicyclic amines) is 1. The van der Waals surface area contributed by atoms with Crippen LogP contribution in [-0.2, 0) is 9.53 Å². The normalized spacial score (nSPS) is 16.2. The highest BCUT2D eigenvalue weighted by atomic mass is 16.6. The van der Waals surface area contributed by atoms with Crippen molar-refractivity contribution in [1.29, 1.82) is 0 Å². The van der Waals surface area contributed by atoms with E-state index in [-0.39, 0.29) is 18.4 Å². The molecule has 4 N–H and O–H groups in total. The topological polar surface area (TPSA) is 122 Å². The molecule has 0 spiro atoms. The van der Waals surface area contributed by atoms with E-state index in [4.69, 9.17) is 15.6 Å². The van der Waals surface area contributed by atoms with Crippen molar-refractivity contribution in [2.45, 2.75) is 57.6 Å². The number of alkyl carbamates (subject to hydrolysis) is 1. The van der Waals surface area contributed by atoms with Crippen LogP contribution < -0.4 is 11.1 Å². The maximum absolute atomic E-state index is 11.9. The summed E-state index contributed by atoms with van der Waals surface area (Å²) < 4.78 is 5.36. The predicted molar refractivity (Wildman–Crippen MR) is 79.4 cm³/mol. The van der Waals surface area contributed by atoms with Crippen LogP contribution in [0, 0.1) is 0 Å². The lowest BCUT2D eigenvalue weighted by Crippen LogP contribution is -2.47. The predicted octanol–water partition coefficient (Wildman–Crippen LogP) is 1.29. The molecule has 1 heterocycles. The van der Waals surface area contributed by atoms with Crippen molar-refractivity contribution in [1.82, 2.24) is 10.2 Å². The summed E-state index contributed by atoms with van der Waals surface area (Å²) in [6.07, 6.45) is 1.07. The Labute approximate surface area is 130 Å². The number of ether oxygens (including phenoxy) is 1. The molecule has 3 amide bonds. The maximum Gasteiger partial charge on any atom is 0.407 e. The number of hydrogen-bond acceptors (Lipinski definition) is 4. The Morgan fingerprint density at radius 1 is 1.32 bits per heavy atom. The largest absolute Gasteiger partial charge is 0.465 e. The molecular formula is C14H25N3O5. The number of amides is 3. The Balaban J connectivity index is 2.30. The van der Waals surface area contributed by atoms with Crippen molar-refractivity contribution in [2.24, 2.45) is 5.73 Å². The maximum atomic E-state index is 11.9. The Morgan fingerprint density at radius 3 is 2.41 bits per heavy atom. The minimum absolute atomic E-state index is 0.0791. The number of piperidine rings is 1. The third-order valence-electron chi connectivity index (χ3n) is 3.66. The van der Waals surface area contributed by atoms with Crippen LogP contribution in [0.1, 0.15) is 46.0 Å².